The molecule has 148 valence electrons. The highest BCUT2D eigenvalue weighted by molar-refractivity contribution is 7.80. The lowest BCUT2D eigenvalue weighted by atomic mass is 10.1. The molecule has 0 saturated carbocycles. The smallest absolute Gasteiger partial charge is 0.293 e. The van der Waals surface area contributed by atoms with Gasteiger partial charge >= 0.3 is 0 Å². The van der Waals surface area contributed by atoms with E-state index < -0.39 is 10.8 Å². The van der Waals surface area contributed by atoms with Crippen molar-refractivity contribution in [3.05, 3.63) is 76.5 Å². The molecule has 1 amide bonds. The van der Waals surface area contributed by atoms with Crippen molar-refractivity contribution in [1.82, 2.24) is 5.32 Å². The van der Waals surface area contributed by atoms with Gasteiger partial charge in [-0.1, -0.05) is 12.1 Å². The van der Waals surface area contributed by atoms with Crippen LogP contribution < -0.4 is 15.5 Å². The average molecular weight is 410 g/mol. The first-order chi connectivity index (χ1) is 13.8. The number of thiocarbonyl (C=S) groups is 1. The molecular formula is C20H18N4O4S. The Morgan fingerprint density at radius 3 is 2.48 bits per heavy atom. The zero-order valence-electron chi connectivity index (χ0n) is 15.7. The van der Waals surface area contributed by atoms with Gasteiger partial charge in [-0.05, 0) is 48.6 Å². The fourth-order valence-corrected chi connectivity index (χ4v) is 2.77. The Labute approximate surface area is 172 Å². The third kappa shape index (κ3) is 4.96. The molecule has 2 N–H and O–H groups in total. The average Bonchev–Trinajstić information content (AvgIpc) is 3.19. The van der Waals surface area contributed by atoms with Crippen molar-refractivity contribution in [3.8, 4) is 11.3 Å². The van der Waals surface area contributed by atoms with Crippen LogP contribution in [0.3, 0.4) is 0 Å². The van der Waals surface area contributed by atoms with Crippen LogP contribution in [0, 0.1) is 10.1 Å². The number of furan rings is 1. The van der Waals surface area contributed by atoms with E-state index in [2.05, 4.69) is 10.6 Å². The van der Waals surface area contributed by atoms with Crippen LogP contribution in [0.1, 0.15) is 10.6 Å². The summed E-state index contributed by atoms with van der Waals surface area (Å²) >= 11 is 5.17. The number of hydrogen-bond donors (Lipinski definition) is 2. The zero-order chi connectivity index (χ0) is 21.0. The number of carbonyl (C=O) groups excluding carboxylic acids is 1. The monoisotopic (exact) mass is 410 g/mol. The number of anilines is 2. The van der Waals surface area contributed by atoms with Crippen molar-refractivity contribution >= 4 is 40.3 Å². The van der Waals surface area contributed by atoms with E-state index in [4.69, 9.17) is 16.6 Å². The van der Waals surface area contributed by atoms with Gasteiger partial charge < -0.3 is 14.6 Å². The summed E-state index contributed by atoms with van der Waals surface area (Å²) in [5.74, 6) is -0.139. The van der Waals surface area contributed by atoms with Gasteiger partial charge in [-0.15, -0.1) is 0 Å². The molecule has 2 aromatic carbocycles. The van der Waals surface area contributed by atoms with Crippen molar-refractivity contribution in [2.24, 2.45) is 0 Å². The van der Waals surface area contributed by atoms with Gasteiger partial charge in [0.25, 0.3) is 11.6 Å². The molecule has 0 fully saturated rings. The Morgan fingerprint density at radius 1 is 1.10 bits per heavy atom. The maximum Gasteiger partial charge on any atom is 0.293 e. The quantitative estimate of drug-likeness (QED) is 0.372. The standard InChI is InChI=1S/C20H18N4O4S/c1-23(2)15-8-6-14(7-9-15)21-20(29)22-19(25)18-11-10-17(28-18)13-4-3-5-16(12-13)24(26)27/h3-12H,1-2H3,(H2,21,22,25,29). The first kappa shape index (κ1) is 20.0. The summed E-state index contributed by atoms with van der Waals surface area (Å²) in [7, 11) is 3.89. The molecule has 29 heavy (non-hydrogen) atoms. The van der Waals surface area contributed by atoms with E-state index in [1.807, 2.05) is 43.3 Å². The molecule has 0 unspecified atom stereocenters. The number of non-ortho nitro benzene ring substituents is 1. The lowest BCUT2D eigenvalue weighted by molar-refractivity contribution is -0.384. The molecule has 9 heteroatoms. The highest BCUT2D eigenvalue weighted by Crippen LogP contribution is 2.25. The predicted octanol–water partition coefficient (Wildman–Crippen LogP) is 4.05. The maximum absolute atomic E-state index is 12.4. The normalized spacial score (nSPS) is 10.3. The van der Waals surface area contributed by atoms with Crippen LogP contribution >= 0.6 is 12.2 Å². The Hall–Kier alpha value is -3.72. The third-order valence-corrected chi connectivity index (χ3v) is 4.24. The number of benzene rings is 2. The number of carbonyl (C=O) groups is 1. The summed E-state index contributed by atoms with van der Waals surface area (Å²) in [6, 6.07) is 16.6. The highest BCUT2D eigenvalue weighted by Gasteiger charge is 2.15. The molecule has 0 aliphatic carbocycles. The molecule has 0 aliphatic heterocycles. The Kier molecular flexibility index (Phi) is 5.89. The molecule has 0 radical (unpaired) electrons. The van der Waals surface area contributed by atoms with E-state index in [0.29, 0.717) is 11.3 Å². The molecule has 0 atom stereocenters. The van der Waals surface area contributed by atoms with Gasteiger partial charge in [0.2, 0.25) is 0 Å². The molecule has 0 bridgehead atoms. The fraction of sp³-hybridized carbons (Fsp3) is 0.100. The largest absolute Gasteiger partial charge is 0.451 e. The molecule has 3 aromatic rings. The Balaban J connectivity index is 1.64. The van der Waals surface area contributed by atoms with Gasteiger partial charge in [0.1, 0.15) is 5.76 Å². The second-order valence-electron chi connectivity index (χ2n) is 6.32. The van der Waals surface area contributed by atoms with Gasteiger partial charge in [-0.3, -0.25) is 20.2 Å². The van der Waals surface area contributed by atoms with Crippen LogP contribution in [0.5, 0.6) is 0 Å². The molecule has 8 nitrogen and oxygen atoms in total. The zero-order valence-corrected chi connectivity index (χ0v) is 16.5. The van der Waals surface area contributed by atoms with Crippen LogP contribution in [0.2, 0.25) is 0 Å². The second kappa shape index (κ2) is 8.53. The first-order valence-electron chi connectivity index (χ1n) is 8.58. The van der Waals surface area contributed by atoms with E-state index in [1.165, 1.54) is 18.2 Å². The minimum atomic E-state index is -0.524. The molecule has 1 heterocycles. The number of nitro groups is 1. The van der Waals surface area contributed by atoms with Crippen molar-refractivity contribution < 1.29 is 14.1 Å². The van der Waals surface area contributed by atoms with Gasteiger partial charge in [-0.25, -0.2) is 0 Å². The topological polar surface area (TPSA) is 101 Å². The molecule has 1 aromatic heterocycles. The number of hydrogen-bond acceptors (Lipinski definition) is 6. The Morgan fingerprint density at radius 2 is 1.83 bits per heavy atom. The number of nitro benzene ring substituents is 1. The number of nitrogens with zero attached hydrogens (tertiary/aromatic N) is 2. The molecule has 0 aliphatic rings. The summed E-state index contributed by atoms with van der Waals surface area (Å²) in [4.78, 5) is 24.8. The predicted molar refractivity (Wildman–Crippen MR) is 115 cm³/mol. The van der Waals surface area contributed by atoms with E-state index in [1.54, 1.807) is 18.2 Å². The SMILES string of the molecule is CN(C)c1ccc(NC(=S)NC(=O)c2ccc(-c3cccc([N+](=O)[O-])c3)o2)cc1. The number of rotatable bonds is 5. The van der Waals surface area contributed by atoms with Crippen LogP contribution in [-0.4, -0.2) is 30.0 Å². The van der Waals surface area contributed by atoms with E-state index in [9.17, 15) is 14.9 Å². The van der Waals surface area contributed by atoms with Crippen LogP contribution in [-0.2, 0) is 0 Å². The van der Waals surface area contributed by atoms with Crippen molar-refractivity contribution in [1.29, 1.82) is 0 Å². The minimum absolute atomic E-state index is 0.0404. The number of amides is 1. The van der Waals surface area contributed by atoms with E-state index >= 15 is 0 Å². The lowest BCUT2D eigenvalue weighted by Gasteiger charge is -2.13. The maximum atomic E-state index is 12.4. The van der Waals surface area contributed by atoms with Gasteiger partial charge in [0.05, 0.1) is 4.92 Å². The van der Waals surface area contributed by atoms with Crippen LogP contribution in [0.4, 0.5) is 17.1 Å². The summed E-state index contributed by atoms with van der Waals surface area (Å²) in [5, 5.41) is 16.5. The van der Waals surface area contributed by atoms with Crippen LogP contribution in [0.25, 0.3) is 11.3 Å². The van der Waals surface area contributed by atoms with Gasteiger partial charge in [-0.2, -0.15) is 0 Å². The molecule has 3 rings (SSSR count). The van der Waals surface area contributed by atoms with Crippen molar-refractivity contribution in [2.75, 3.05) is 24.3 Å². The minimum Gasteiger partial charge on any atom is -0.451 e. The lowest BCUT2D eigenvalue weighted by Crippen LogP contribution is -2.33. The fourth-order valence-electron chi connectivity index (χ4n) is 2.56. The van der Waals surface area contributed by atoms with Crippen molar-refractivity contribution in [3.63, 3.8) is 0 Å². The van der Waals surface area contributed by atoms with E-state index in [-0.39, 0.29) is 16.6 Å². The summed E-state index contributed by atoms with van der Waals surface area (Å²) in [6.07, 6.45) is 0. The number of nitrogens with one attached hydrogen (secondary N) is 2. The highest BCUT2D eigenvalue weighted by atomic mass is 32.1. The third-order valence-electron chi connectivity index (χ3n) is 4.04. The summed E-state index contributed by atoms with van der Waals surface area (Å²) in [6.45, 7) is 0. The first-order valence-corrected chi connectivity index (χ1v) is 8.98. The van der Waals surface area contributed by atoms with Gasteiger partial charge in [0, 0.05) is 43.2 Å². The summed E-state index contributed by atoms with van der Waals surface area (Å²) < 4.78 is 5.53. The van der Waals surface area contributed by atoms with E-state index in [0.717, 1.165) is 11.4 Å². The van der Waals surface area contributed by atoms with Crippen molar-refractivity contribution in [2.45, 2.75) is 0 Å². The summed E-state index contributed by atoms with van der Waals surface area (Å²) in [5.41, 5.74) is 2.21. The van der Waals surface area contributed by atoms with Crippen LogP contribution in [0.15, 0.2) is 65.1 Å². The molecule has 0 saturated heterocycles. The molecule has 0 spiro atoms. The second-order valence-corrected chi connectivity index (χ2v) is 6.73. The molecular weight excluding hydrogens is 392 g/mol. The Bertz CT molecular complexity index is 1060. The van der Waals surface area contributed by atoms with Gasteiger partial charge in [0.15, 0.2) is 10.9 Å².